The summed E-state index contributed by atoms with van der Waals surface area (Å²) >= 11 is 0. The van der Waals surface area contributed by atoms with Gasteiger partial charge in [0.25, 0.3) is 5.91 Å². The number of hydrogen-bond donors (Lipinski definition) is 2. The van der Waals surface area contributed by atoms with E-state index >= 15 is 0 Å². The van der Waals surface area contributed by atoms with Gasteiger partial charge in [0.05, 0.1) is 40.1 Å². The summed E-state index contributed by atoms with van der Waals surface area (Å²) in [5.41, 5.74) is 3.96. The molecule has 1 amide bonds. The first kappa shape index (κ1) is 27.3. The minimum atomic E-state index is -3.45. The molecule has 1 aliphatic heterocycles. The smallest absolute Gasteiger partial charge is 0.251 e. The van der Waals surface area contributed by atoms with Crippen LogP contribution >= 0.6 is 0 Å². The van der Waals surface area contributed by atoms with Crippen molar-refractivity contribution in [2.24, 2.45) is 5.92 Å². The number of amides is 1. The number of pyridine rings is 3. The maximum atomic E-state index is 12.9. The molecule has 4 aromatic rings. The molecule has 1 aromatic carbocycles. The van der Waals surface area contributed by atoms with Crippen molar-refractivity contribution in [2.75, 3.05) is 24.2 Å². The Morgan fingerprint density at radius 1 is 1.05 bits per heavy atom. The molecule has 2 fully saturated rings. The van der Waals surface area contributed by atoms with Crippen molar-refractivity contribution in [3.8, 4) is 11.4 Å². The highest BCUT2D eigenvalue weighted by Gasteiger charge is 2.29. The van der Waals surface area contributed by atoms with Crippen LogP contribution in [0, 0.1) is 5.92 Å². The van der Waals surface area contributed by atoms with Gasteiger partial charge in [-0.05, 0) is 79.1 Å². The van der Waals surface area contributed by atoms with Gasteiger partial charge in [0, 0.05) is 36.5 Å². The summed E-state index contributed by atoms with van der Waals surface area (Å²) in [6, 6.07) is 16.5. The number of benzene rings is 1. The molecule has 1 saturated heterocycles. The van der Waals surface area contributed by atoms with Crippen LogP contribution < -0.4 is 10.2 Å². The van der Waals surface area contributed by atoms with Crippen LogP contribution in [0.1, 0.15) is 53.7 Å². The Bertz CT molecular complexity index is 1740. The predicted molar refractivity (Wildman–Crippen MR) is 157 cm³/mol. The van der Waals surface area contributed by atoms with Crippen LogP contribution in [-0.2, 0) is 16.4 Å². The third-order valence-corrected chi connectivity index (χ3v) is 9.09. The molecular formula is C31H33N5O4S. The second-order valence-electron chi connectivity index (χ2n) is 11.2. The maximum absolute atomic E-state index is 12.9. The highest BCUT2D eigenvalue weighted by molar-refractivity contribution is 7.90. The first-order chi connectivity index (χ1) is 19.7. The summed E-state index contributed by atoms with van der Waals surface area (Å²) in [5.74, 6) is 0.950. The average molecular weight is 572 g/mol. The molecule has 0 radical (unpaired) electrons. The van der Waals surface area contributed by atoms with Crippen molar-refractivity contribution < 1.29 is 18.3 Å². The number of aromatic nitrogens is 3. The Balaban J connectivity index is 1.19. The third-order valence-electron chi connectivity index (χ3n) is 7.93. The van der Waals surface area contributed by atoms with E-state index in [0.29, 0.717) is 11.3 Å². The molecule has 10 heteroatoms. The molecule has 2 N–H and O–H groups in total. The van der Waals surface area contributed by atoms with Crippen molar-refractivity contribution in [2.45, 2.75) is 49.6 Å². The van der Waals surface area contributed by atoms with Gasteiger partial charge in [0.1, 0.15) is 5.82 Å². The van der Waals surface area contributed by atoms with E-state index in [0.717, 1.165) is 66.0 Å². The zero-order valence-corrected chi connectivity index (χ0v) is 23.9. The number of nitrogens with one attached hydrogen (secondary N) is 1. The second-order valence-corrected chi connectivity index (χ2v) is 13.2. The van der Waals surface area contributed by atoms with Crippen molar-refractivity contribution in [1.82, 2.24) is 20.3 Å². The minimum Gasteiger partial charge on any atom is -0.393 e. The van der Waals surface area contributed by atoms with Crippen molar-refractivity contribution >= 4 is 32.5 Å². The summed E-state index contributed by atoms with van der Waals surface area (Å²) in [6.07, 6.45) is 5.30. The molecule has 4 heterocycles. The average Bonchev–Trinajstić information content (AvgIpc) is 3.82. The van der Waals surface area contributed by atoms with E-state index < -0.39 is 9.84 Å². The number of aliphatic hydroxyl groups is 1. The first-order valence-corrected chi connectivity index (χ1v) is 15.8. The number of hydrogen-bond acceptors (Lipinski definition) is 8. The monoisotopic (exact) mass is 571 g/mol. The number of piperidine rings is 1. The van der Waals surface area contributed by atoms with Crippen LogP contribution in [0.15, 0.2) is 65.7 Å². The van der Waals surface area contributed by atoms with Gasteiger partial charge >= 0.3 is 0 Å². The van der Waals surface area contributed by atoms with Crippen LogP contribution in [0.2, 0.25) is 0 Å². The van der Waals surface area contributed by atoms with Gasteiger partial charge in [-0.25, -0.2) is 18.4 Å². The number of sulfone groups is 1. The molecule has 41 heavy (non-hydrogen) atoms. The zero-order valence-electron chi connectivity index (χ0n) is 23.1. The van der Waals surface area contributed by atoms with Crippen LogP contribution in [0.25, 0.3) is 22.3 Å². The normalized spacial score (nSPS) is 19.3. The quantitative estimate of drug-likeness (QED) is 0.340. The molecule has 6 rings (SSSR count). The van der Waals surface area contributed by atoms with E-state index in [2.05, 4.69) is 22.1 Å². The van der Waals surface area contributed by atoms with Gasteiger partial charge in [-0.15, -0.1) is 0 Å². The van der Waals surface area contributed by atoms with E-state index in [4.69, 9.17) is 9.97 Å². The molecule has 9 nitrogen and oxygen atoms in total. The van der Waals surface area contributed by atoms with Crippen molar-refractivity contribution in [3.05, 3.63) is 77.6 Å². The molecule has 3 aromatic heterocycles. The number of carbonyl (C=O) groups excluding carboxylic acids is 1. The molecule has 1 aliphatic carbocycles. The highest BCUT2D eigenvalue weighted by Crippen LogP contribution is 2.43. The van der Waals surface area contributed by atoms with Gasteiger partial charge in [-0.1, -0.05) is 19.1 Å². The molecule has 2 atom stereocenters. The lowest BCUT2D eigenvalue weighted by Gasteiger charge is -2.35. The van der Waals surface area contributed by atoms with E-state index in [1.807, 2.05) is 36.4 Å². The lowest BCUT2D eigenvalue weighted by Crippen LogP contribution is -2.42. The number of anilines is 1. The van der Waals surface area contributed by atoms with Crippen molar-refractivity contribution in [1.29, 1.82) is 0 Å². The zero-order chi connectivity index (χ0) is 28.7. The van der Waals surface area contributed by atoms with Crippen molar-refractivity contribution in [3.63, 3.8) is 0 Å². The Kier molecular flexibility index (Phi) is 7.21. The summed E-state index contributed by atoms with van der Waals surface area (Å²) in [6.45, 7) is 3.74. The Hall–Kier alpha value is -3.89. The fourth-order valence-corrected chi connectivity index (χ4v) is 6.39. The largest absolute Gasteiger partial charge is 0.393 e. The number of fused-ring (bicyclic) bond motifs is 1. The molecule has 0 spiro atoms. The van der Waals surface area contributed by atoms with Gasteiger partial charge in [0.15, 0.2) is 9.84 Å². The van der Waals surface area contributed by atoms with Crippen LogP contribution in [-0.4, -0.2) is 59.8 Å². The van der Waals surface area contributed by atoms with E-state index in [1.54, 1.807) is 18.3 Å². The number of nitrogens with zero attached hydrogens (tertiary/aromatic N) is 4. The van der Waals surface area contributed by atoms with Gasteiger partial charge in [-0.3, -0.25) is 9.78 Å². The summed E-state index contributed by atoms with van der Waals surface area (Å²) in [4.78, 5) is 29.5. The van der Waals surface area contributed by atoms with Crippen LogP contribution in [0.3, 0.4) is 0 Å². The van der Waals surface area contributed by atoms with E-state index in [9.17, 15) is 18.3 Å². The Labute approximate surface area is 239 Å². The lowest BCUT2D eigenvalue weighted by molar-refractivity contribution is 0.0949. The summed E-state index contributed by atoms with van der Waals surface area (Å²) in [7, 11) is -3.45. The number of carbonyl (C=O) groups is 1. The molecule has 212 valence electrons. The Morgan fingerprint density at radius 3 is 2.61 bits per heavy atom. The number of rotatable bonds is 7. The SMILES string of the molecule is C[C@@H]1CN(c2cccc(-c3ccc4cnc(CNC(=O)c5ccc(C6CC6)c(S(C)(=O)=O)c5)cc4n3)n2)CC[C@@H]1O. The predicted octanol–water partition coefficient (Wildman–Crippen LogP) is 4.11. The summed E-state index contributed by atoms with van der Waals surface area (Å²) in [5, 5.41) is 13.8. The second kappa shape index (κ2) is 10.8. The number of aliphatic hydroxyl groups excluding tert-OH is 1. The third kappa shape index (κ3) is 5.94. The molecule has 1 saturated carbocycles. The first-order valence-electron chi connectivity index (χ1n) is 13.9. The fourth-order valence-electron chi connectivity index (χ4n) is 5.38. The minimum absolute atomic E-state index is 0.173. The fraction of sp³-hybridized carbons (Fsp3) is 0.355. The van der Waals surface area contributed by atoms with E-state index in [-0.39, 0.29) is 35.3 Å². The van der Waals surface area contributed by atoms with Gasteiger partial charge < -0.3 is 15.3 Å². The molecule has 2 aliphatic rings. The topological polar surface area (TPSA) is 125 Å². The van der Waals surface area contributed by atoms with Gasteiger partial charge in [-0.2, -0.15) is 0 Å². The Morgan fingerprint density at radius 2 is 1.85 bits per heavy atom. The lowest BCUT2D eigenvalue weighted by atomic mass is 9.97. The molecule has 0 unspecified atom stereocenters. The molecule has 0 bridgehead atoms. The van der Waals surface area contributed by atoms with Gasteiger partial charge in [0.2, 0.25) is 0 Å². The molecular weight excluding hydrogens is 538 g/mol. The maximum Gasteiger partial charge on any atom is 0.251 e. The van der Waals surface area contributed by atoms with Crippen LogP contribution in [0.4, 0.5) is 5.82 Å². The van der Waals surface area contributed by atoms with E-state index in [1.165, 1.54) is 12.3 Å². The standard InChI is InChI=1S/C31H33N5O4S/c1-19-18-36(13-12-28(19)37)30-5-3-4-25(35-30)26-11-9-22-16-32-23(15-27(22)34-26)17-33-31(38)21-8-10-24(20-6-7-20)29(14-21)41(2,39)40/h3-5,8-11,14-16,19-20,28,37H,6-7,12-13,17-18H2,1-2H3,(H,33,38)/t19-,28+/m1/s1. The van der Waals surface area contributed by atoms with Crippen LogP contribution in [0.5, 0.6) is 0 Å². The summed E-state index contributed by atoms with van der Waals surface area (Å²) < 4.78 is 24.7. The highest BCUT2D eigenvalue weighted by atomic mass is 32.2.